The van der Waals surface area contributed by atoms with Crippen molar-refractivity contribution in [2.24, 2.45) is 0 Å². The monoisotopic (exact) mass is 306 g/mol. The van der Waals surface area contributed by atoms with Gasteiger partial charge in [-0.1, -0.05) is 11.8 Å². The maximum absolute atomic E-state index is 10.7. The fraction of sp³-hybridized carbons (Fsp3) is 0.429. The first-order valence-corrected chi connectivity index (χ1v) is 7.55. The van der Waals surface area contributed by atoms with Gasteiger partial charge in [0.25, 0.3) is 0 Å². The molecule has 6 nitrogen and oxygen atoms in total. The van der Waals surface area contributed by atoms with Gasteiger partial charge in [0.1, 0.15) is 5.82 Å². The Kier molecular flexibility index (Phi) is 4.62. The van der Waals surface area contributed by atoms with E-state index in [-0.39, 0.29) is 11.3 Å². The molecule has 0 aromatic carbocycles. The number of carboxylic acids is 1. The molecule has 0 spiro atoms. The van der Waals surface area contributed by atoms with Gasteiger partial charge >= 0.3 is 5.97 Å². The third-order valence-corrected chi connectivity index (χ3v) is 3.72. The van der Waals surface area contributed by atoms with E-state index >= 15 is 0 Å². The lowest BCUT2D eigenvalue weighted by atomic mass is 10.1. The molecule has 1 N–H and O–H groups in total. The largest absolute Gasteiger partial charge is 0.481 e. The predicted molar refractivity (Wildman–Crippen MR) is 80.4 cm³/mol. The molecule has 0 bridgehead atoms. The van der Waals surface area contributed by atoms with E-state index in [9.17, 15) is 4.79 Å². The second-order valence-corrected chi connectivity index (χ2v) is 6.56. The minimum atomic E-state index is -0.862. The molecule has 0 atom stereocenters. The Hall–Kier alpha value is -1.89. The van der Waals surface area contributed by atoms with Crippen molar-refractivity contribution in [3.05, 3.63) is 35.9 Å². The van der Waals surface area contributed by atoms with Crippen molar-refractivity contribution < 1.29 is 9.90 Å². The van der Waals surface area contributed by atoms with Crippen molar-refractivity contribution in [3.8, 4) is 0 Å². The van der Waals surface area contributed by atoms with Crippen molar-refractivity contribution in [1.29, 1.82) is 0 Å². The molecule has 112 valence electrons. The highest BCUT2D eigenvalue weighted by molar-refractivity contribution is 7.99. The Balaban J connectivity index is 2.31. The molecule has 7 heteroatoms. The standard InChI is InChI=1S/C14H18N4O2S/c1-14(2,3)18-11(8-10-4-6-15-7-5-10)16-17-13(18)21-9-12(19)20/h4-7H,8-9H2,1-3H3,(H,19,20). The number of thioether (sulfide) groups is 1. The molecule has 0 aliphatic heterocycles. The second-order valence-electron chi connectivity index (χ2n) is 5.62. The topological polar surface area (TPSA) is 80.9 Å². The van der Waals surface area contributed by atoms with Crippen LogP contribution >= 0.6 is 11.8 Å². The Morgan fingerprint density at radius 2 is 1.95 bits per heavy atom. The maximum Gasteiger partial charge on any atom is 0.313 e. The van der Waals surface area contributed by atoms with Crippen molar-refractivity contribution in [2.75, 3.05) is 5.75 Å². The van der Waals surface area contributed by atoms with Gasteiger partial charge in [-0.15, -0.1) is 10.2 Å². The number of hydrogen-bond acceptors (Lipinski definition) is 5. The van der Waals surface area contributed by atoms with Crippen molar-refractivity contribution in [1.82, 2.24) is 19.7 Å². The summed E-state index contributed by atoms with van der Waals surface area (Å²) in [5.74, 6) is -0.0653. The number of hydrogen-bond donors (Lipinski definition) is 1. The van der Waals surface area contributed by atoms with Crippen LogP contribution in [0.4, 0.5) is 0 Å². The van der Waals surface area contributed by atoms with Crippen LogP contribution in [-0.2, 0) is 16.8 Å². The first-order chi connectivity index (χ1) is 9.88. The molecule has 0 saturated carbocycles. The first kappa shape index (κ1) is 15.5. The maximum atomic E-state index is 10.7. The lowest BCUT2D eigenvalue weighted by molar-refractivity contribution is -0.133. The second kappa shape index (κ2) is 6.26. The minimum Gasteiger partial charge on any atom is -0.481 e. The molecule has 2 aromatic rings. The van der Waals surface area contributed by atoms with Crippen molar-refractivity contribution in [3.63, 3.8) is 0 Å². The summed E-state index contributed by atoms with van der Waals surface area (Å²) in [6.07, 6.45) is 4.13. The number of rotatable bonds is 5. The summed E-state index contributed by atoms with van der Waals surface area (Å²) in [5.41, 5.74) is 0.880. The minimum absolute atomic E-state index is 0.0243. The van der Waals surface area contributed by atoms with Gasteiger partial charge in [0.2, 0.25) is 0 Å². The quantitative estimate of drug-likeness (QED) is 0.853. The Morgan fingerprint density at radius 1 is 1.29 bits per heavy atom. The van der Waals surface area contributed by atoms with Gasteiger partial charge in [-0.2, -0.15) is 0 Å². The summed E-state index contributed by atoms with van der Waals surface area (Å²) in [6.45, 7) is 6.16. The molecule has 0 fully saturated rings. The van der Waals surface area contributed by atoms with E-state index in [4.69, 9.17) is 5.11 Å². The zero-order chi connectivity index (χ0) is 15.5. The normalized spacial score (nSPS) is 11.6. The van der Waals surface area contributed by atoms with E-state index in [2.05, 4.69) is 36.0 Å². The molecular weight excluding hydrogens is 288 g/mol. The number of aromatic nitrogens is 4. The van der Waals surface area contributed by atoms with Crippen LogP contribution in [0, 0.1) is 0 Å². The molecule has 0 radical (unpaired) electrons. The number of nitrogens with zero attached hydrogens (tertiary/aromatic N) is 4. The lowest BCUT2D eigenvalue weighted by Gasteiger charge is -2.24. The summed E-state index contributed by atoms with van der Waals surface area (Å²) < 4.78 is 2.00. The molecule has 0 saturated heterocycles. The fourth-order valence-corrected chi connectivity index (χ4v) is 2.85. The summed E-state index contributed by atoms with van der Waals surface area (Å²) in [4.78, 5) is 14.7. The van der Waals surface area contributed by atoms with Gasteiger partial charge in [0, 0.05) is 24.4 Å². The molecular formula is C14H18N4O2S. The zero-order valence-corrected chi connectivity index (χ0v) is 13.1. The number of carboxylic acid groups (broad SMARTS) is 1. The van der Waals surface area contributed by atoms with E-state index in [1.54, 1.807) is 12.4 Å². The first-order valence-electron chi connectivity index (χ1n) is 6.56. The van der Waals surface area contributed by atoms with Crippen LogP contribution in [0.3, 0.4) is 0 Å². The fourth-order valence-electron chi connectivity index (χ4n) is 1.99. The lowest BCUT2D eigenvalue weighted by Crippen LogP contribution is -2.25. The Morgan fingerprint density at radius 3 is 2.52 bits per heavy atom. The number of carbonyl (C=O) groups is 1. The molecule has 2 aromatic heterocycles. The van der Waals surface area contributed by atoms with Crippen LogP contribution in [0.1, 0.15) is 32.2 Å². The molecule has 2 rings (SSSR count). The molecule has 21 heavy (non-hydrogen) atoms. The van der Waals surface area contributed by atoms with Crippen molar-refractivity contribution in [2.45, 2.75) is 37.9 Å². The third-order valence-electron chi connectivity index (χ3n) is 2.81. The molecule has 0 amide bonds. The van der Waals surface area contributed by atoms with Crippen LogP contribution in [0.15, 0.2) is 29.7 Å². The SMILES string of the molecule is CC(C)(C)n1c(Cc2ccncc2)nnc1SCC(=O)O. The van der Waals surface area contributed by atoms with Crippen LogP contribution in [-0.4, -0.2) is 36.6 Å². The predicted octanol–water partition coefficient (Wildman–Crippen LogP) is 2.20. The van der Waals surface area contributed by atoms with Crippen LogP contribution in [0.5, 0.6) is 0 Å². The van der Waals surface area contributed by atoms with Crippen molar-refractivity contribution >= 4 is 17.7 Å². The van der Waals surface area contributed by atoms with Crippen LogP contribution in [0.25, 0.3) is 0 Å². The highest BCUT2D eigenvalue weighted by Crippen LogP contribution is 2.26. The van der Waals surface area contributed by atoms with Gasteiger partial charge in [0.05, 0.1) is 5.75 Å². The highest BCUT2D eigenvalue weighted by Gasteiger charge is 2.23. The number of pyridine rings is 1. The van der Waals surface area contributed by atoms with Gasteiger partial charge in [-0.05, 0) is 38.5 Å². The smallest absolute Gasteiger partial charge is 0.313 e. The molecule has 2 heterocycles. The van der Waals surface area contributed by atoms with E-state index in [1.807, 2.05) is 16.7 Å². The average Bonchev–Trinajstić information content (AvgIpc) is 2.80. The Labute approximate surface area is 127 Å². The van der Waals surface area contributed by atoms with Gasteiger partial charge < -0.3 is 9.67 Å². The van der Waals surface area contributed by atoms with Gasteiger partial charge in [-0.3, -0.25) is 9.78 Å². The van der Waals surface area contributed by atoms with E-state index < -0.39 is 5.97 Å². The summed E-state index contributed by atoms with van der Waals surface area (Å²) in [6, 6.07) is 3.87. The van der Waals surface area contributed by atoms with Crippen LogP contribution < -0.4 is 0 Å². The highest BCUT2D eigenvalue weighted by atomic mass is 32.2. The van der Waals surface area contributed by atoms with Crippen LogP contribution in [0.2, 0.25) is 0 Å². The van der Waals surface area contributed by atoms with E-state index in [1.165, 1.54) is 11.8 Å². The zero-order valence-electron chi connectivity index (χ0n) is 12.3. The molecule has 0 aliphatic rings. The Bertz CT molecular complexity index is 620. The van der Waals surface area contributed by atoms with Gasteiger partial charge in [0.15, 0.2) is 5.16 Å². The number of aliphatic carboxylic acids is 1. The molecule has 0 unspecified atom stereocenters. The van der Waals surface area contributed by atoms with Gasteiger partial charge in [-0.25, -0.2) is 0 Å². The average molecular weight is 306 g/mol. The van der Waals surface area contributed by atoms with E-state index in [0.717, 1.165) is 11.4 Å². The van der Waals surface area contributed by atoms with E-state index in [0.29, 0.717) is 11.6 Å². The summed E-state index contributed by atoms with van der Waals surface area (Å²) in [5, 5.41) is 17.8. The molecule has 0 aliphatic carbocycles. The summed E-state index contributed by atoms with van der Waals surface area (Å²) in [7, 11) is 0. The third kappa shape index (κ3) is 4.04. The summed E-state index contributed by atoms with van der Waals surface area (Å²) >= 11 is 1.19.